The second-order valence-electron chi connectivity index (χ2n) is 3.52. The summed E-state index contributed by atoms with van der Waals surface area (Å²) < 4.78 is 4.86. The maximum absolute atomic E-state index is 11.8. The van der Waals surface area contributed by atoms with Gasteiger partial charge in [-0.25, -0.2) is 4.79 Å². The summed E-state index contributed by atoms with van der Waals surface area (Å²) in [6, 6.07) is 7.21. The van der Waals surface area contributed by atoms with Crippen LogP contribution in [0.4, 0.5) is 5.69 Å². The van der Waals surface area contributed by atoms with Crippen molar-refractivity contribution in [1.82, 2.24) is 0 Å². The Labute approximate surface area is 117 Å². The van der Waals surface area contributed by atoms with Crippen molar-refractivity contribution in [2.45, 2.75) is 0 Å². The van der Waals surface area contributed by atoms with E-state index in [1.54, 1.807) is 18.2 Å². The molecule has 1 heterocycles. The highest BCUT2D eigenvalue weighted by Crippen LogP contribution is 2.29. The molecule has 1 aromatic carbocycles. The van der Waals surface area contributed by atoms with Gasteiger partial charge in [-0.2, -0.15) is 0 Å². The van der Waals surface area contributed by atoms with Crippen molar-refractivity contribution in [3.05, 3.63) is 51.9 Å². The maximum atomic E-state index is 11.8. The number of benzene rings is 1. The Kier molecular flexibility index (Phi) is 3.78. The summed E-state index contributed by atoms with van der Waals surface area (Å²) in [5, 5.41) is 11.7. The molecule has 1 aromatic heterocycles. The number of aromatic carboxylic acids is 1. The number of halogens is 2. The summed E-state index contributed by atoms with van der Waals surface area (Å²) in [7, 11) is 0. The molecule has 0 aliphatic carbocycles. The van der Waals surface area contributed by atoms with Crippen molar-refractivity contribution in [2.24, 2.45) is 0 Å². The zero-order valence-electron chi connectivity index (χ0n) is 9.31. The molecule has 2 aromatic rings. The van der Waals surface area contributed by atoms with Crippen molar-refractivity contribution in [2.75, 3.05) is 5.32 Å². The molecule has 0 unspecified atom stereocenters. The Bertz CT molecular complexity index is 651. The highest BCUT2D eigenvalue weighted by atomic mass is 35.5. The first-order valence-electron chi connectivity index (χ1n) is 5.07. The number of carboxylic acid groups (broad SMARTS) is 1. The summed E-state index contributed by atoms with van der Waals surface area (Å²) in [4.78, 5) is 22.4. The van der Waals surface area contributed by atoms with E-state index in [1.807, 2.05) is 0 Å². The van der Waals surface area contributed by atoms with Gasteiger partial charge in [-0.05, 0) is 24.3 Å². The van der Waals surface area contributed by atoms with Gasteiger partial charge in [0.05, 0.1) is 15.7 Å². The Balaban J connectivity index is 2.21. The second-order valence-corrected chi connectivity index (χ2v) is 4.31. The summed E-state index contributed by atoms with van der Waals surface area (Å²) in [5.41, 5.74) is 0.312. The lowest BCUT2D eigenvalue weighted by Gasteiger charge is -2.06. The molecule has 7 heteroatoms. The maximum Gasteiger partial charge on any atom is 0.371 e. The molecule has 0 radical (unpaired) electrons. The molecule has 0 fully saturated rings. The number of amides is 1. The standard InChI is InChI=1S/C12H7Cl2NO4/c13-6-2-1-3-7(10(6)14)15-11(16)8-4-5-9(19-8)12(17)18/h1-5H,(H,15,16)(H,17,18). The molecule has 0 spiro atoms. The SMILES string of the molecule is O=C(O)c1ccc(C(=O)Nc2cccc(Cl)c2Cl)o1. The zero-order chi connectivity index (χ0) is 14.0. The van der Waals surface area contributed by atoms with E-state index in [0.717, 1.165) is 0 Å². The lowest BCUT2D eigenvalue weighted by molar-refractivity contribution is 0.0660. The molecule has 2 N–H and O–H groups in total. The molecule has 0 atom stereocenters. The van der Waals surface area contributed by atoms with Gasteiger partial charge in [0.25, 0.3) is 5.91 Å². The number of rotatable bonds is 3. The van der Waals surface area contributed by atoms with E-state index in [0.29, 0.717) is 10.7 Å². The van der Waals surface area contributed by atoms with Gasteiger partial charge in [-0.3, -0.25) is 4.79 Å². The third kappa shape index (κ3) is 2.89. The lowest BCUT2D eigenvalue weighted by Crippen LogP contribution is -2.11. The van der Waals surface area contributed by atoms with E-state index in [2.05, 4.69) is 5.32 Å². The van der Waals surface area contributed by atoms with Gasteiger partial charge in [0, 0.05) is 0 Å². The third-order valence-electron chi connectivity index (χ3n) is 2.24. The minimum absolute atomic E-state index is 0.131. The summed E-state index contributed by atoms with van der Waals surface area (Å²) in [6.45, 7) is 0. The van der Waals surface area contributed by atoms with E-state index in [1.165, 1.54) is 12.1 Å². The van der Waals surface area contributed by atoms with E-state index in [4.69, 9.17) is 32.7 Å². The Morgan fingerprint density at radius 2 is 1.79 bits per heavy atom. The first kappa shape index (κ1) is 13.5. The molecule has 1 amide bonds. The number of carboxylic acids is 1. The fourth-order valence-electron chi connectivity index (χ4n) is 1.36. The van der Waals surface area contributed by atoms with E-state index in [-0.39, 0.29) is 16.5 Å². The fourth-order valence-corrected chi connectivity index (χ4v) is 1.71. The van der Waals surface area contributed by atoms with Gasteiger partial charge in [-0.1, -0.05) is 29.3 Å². The first-order chi connectivity index (χ1) is 8.99. The third-order valence-corrected chi connectivity index (χ3v) is 3.06. The summed E-state index contributed by atoms with van der Waals surface area (Å²) >= 11 is 11.7. The summed E-state index contributed by atoms with van der Waals surface area (Å²) in [6.07, 6.45) is 0. The molecule has 0 saturated carbocycles. The first-order valence-corrected chi connectivity index (χ1v) is 5.83. The zero-order valence-corrected chi connectivity index (χ0v) is 10.8. The topological polar surface area (TPSA) is 79.5 Å². The van der Waals surface area contributed by atoms with Gasteiger partial charge in [-0.15, -0.1) is 0 Å². The minimum atomic E-state index is -1.25. The van der Waals surface area contributed by atoms with Gasteiger partial charge in [0.2, 0.25) is 5.76 Å². The predicted octanol–water partition coefficient (Wildman–Crippen LogP) is 3.54. The molecule has 98 valence electrons. The van der Waals surface area contributed by atoms with Crippen LogP contribution in [0, 0.1) is 0 Å². The van der Waals surface area contributed by atoms with Gasteiger partial charge < -0.3 is 14.8 Å². The second kappa shape index (κ2) is 5.34. The molecule has 2 rings (SSSR count). The van der Waals surface area contributed by atoms with Crippen molar-refractivity contribution < 1.29 is 19.1 Å². The van der Waals surface area contributed by atoms with Crippen molar-refractivity contribution in [1.29, 1.82) is 0 Å². The van der Waals surface area contributed by atoms with Crippen molar-refractivity contribution in [3.63, 3.8) is 0 Å². The highest BCUT2D eigenvalue weighted by Gasteiger charge is 2.16. The van der Waals surface area contributed by atoms with Crippen molar-refractivity contribution in [3.8, 4) is 0 Å². The Morgan fingerprint density at radius 3 is 2.42 bits per heavy atom. The molecule has 0 saturated heterocycles. The number of hydrogen-bond donors (Lipinski definition) is 2. The van der Waals surface area contributed by atoms with Crippen LogP contribution in [0.15, 0.2) is 34.7 Å². The normalized spacial score (nSPS) is 10.2. The van der Waals surface area contributed by atoms with Crippen LogP contribution in [-0.2, 0) is 0 Å². The number of nitrogens with one attached hydrogen (secondary N) is 1. The van der Waals surface area contributed by atoms with Crippen LogP contribution in [-0.4, -0.2) is 17.0 Å². The number of hydrogen-bond acceptors (Lipinski definition) is 3. The summed E-state index contributed by atoms with van der Waals surface area (Å²) in [5.74, 6) is -2.31. The molecule has 0 bridgehead atoms. The molecular weight excluding hydrogens is 293 g/mol. The van der Waals surface area contributed by atoms with Crippen LogP contribution in [0.2, 0.25) is 10.0 Å². The molecule has 0 aliphatic heterocycles. The average Bonchev–Trinajstić information content (AvgIpc) is 2.84. The number of carbonyl (C=O) groups excluding carboxylic acids is 1. The van der Waals surface area contributed by atoms with Crippen molar-refractivity contribution >= 4 is 40.8 Å². The molecule has 0 aliphatic rings. The van der Waals surface area contributed by atoms with E-state index in [9.17, 15) is 9.59 Å². The highest BCUT2D eigenvalue weighted by molar-refractivity contribution is 6.44. The quantitative estimate of drug-likeness (QED) is 0.908. The number of carbonyl (C=O) groups is 2. The smallest absolute Gasteiger partial charge is 0.371 e. The monoisotopic (exact) mass is 299 g/mol. The number of furan rings is 1. The number of anilines is 1. The lowest BCUT2D eigenvalue weighted by atomic mass is 10.3. The van der Waals surface area contributed by atoms with Gasteiger partial charge in [0.1, 0.15) is 0 Å². The Hall–Kier alpha value is -1.98. The largest absolute Gasteiger partial charge is 0.475 e. The van der Waals surface area contributed by atoms with Crippen LogP contribution < -0.4 is 5.32 Å². The van der Waals surface area contributed by atoms with E-state index >= 15 is 0 Å². The van der Waals surface area contributed by atoms with Crippen LogP contribution in [0.25, 0.3) is 0 Å². The van der Waals surface area contributed by atoms with E-state index < -0.39 is 11.9 Å². The van der Waals surface area contributed by atoms with Crippen LogP contribution in [0.5, 0.6) is 0 Å². The van der Waals surface area contributed by atoms with Crippen LogP contribution >= 0.6 is 23.2 Å². The minimum Gasteiger partial charge on any atom is -0.475 e. The molecule has 19 heavy (non-hydrogen) atoms. The molecule has 5 nitrogen and oxygen atoms in total. The van der Waals surface area contributed by atoms with Crippen LogP contribution in [0.1, 0.15) is 21.1 Å². The van der Waals surface area contributed by atoms with Crippen LogP contribution in [0.3, 0.4) is 0 Å². The predicted molar refractivity (Wildman–Crippen MR) is 70.1 cm³/mol. The van der Waals surface area contributed by atoms with Gasteiger partial charge in [0.15, 0.2) is 5.76 Å². The molecular formula is C12H7Cl2NO4. The Morgan fingerprint density at radius 1 is 1.11 bits per heavy atom. The fraction of sp³-hybridized carbons (Fsp3) is 0. The van der Waals surface area contributed by atoms with Gasteiger partial charge >= 0.3 is 5.97 Å². The average molecular weight is 300 g/mol.